The van der Waals surface area contributed by atoms with Crippen LogP contribution in [0.25, 0.3) is 11.1 Å². The Kier molecular flexibility index (Phi) is 4.01. The van der Waals surface area contributed by atoms with Crippen molar-refractivity contribution in [2.45, 2.75) is 26.3 Å². The average Bonchev–Trinajstić information content (AvgIpc) is 2.68. The molecule has 0 aliphatic rings. The maximum absolute atomic E-state index is 11.7. The molecule has 1 heterocycles. The molecule has 6 heteroatoms. The van der Waals surface area contributed by atoms with E-state index in [2.05, 4.69) is 15.6 Å². The molecule has 0 fully saturated rings. The summed E-state index contributed by atoms with van der Waals surface area (Å²) in [6.45, 7) is 3.65. The predicted octanol–water partition coefficient (Wildman–Crippen LogP) is 2.03. The monoisotopic (exact) mass is 263 g/mol. The van der Waals surface area contributed by atoms with E-state index in [4.69, 9.17) is 9.52 Å². The van der Waals surface area contributed by atoms with Crippen LogP contribution < -0.4 is 10.6 Å². The summed E-state index contributed by atoms with van der Waals surface area (Å²) in [4.78, 5) is 15.9. The number of nitrogens with one attached hydrogen (secondary N) is 2. The van der Waals surface area contributed by atoms with E-state index < -0.39 is 0 Å². The van der Waals surface area contributed by atoms with Crippen molar-refractivity contribution in [2.24, 2.45) is 0 Å². The molecule has 2 amide bonds. The number of carbonyl (C=O) groups is 1. The molecule has 19 heavy (non-hydrogen) atoms. The van der Waals surface area contributed by atoms with Crippen LogP contribution in [-0.2, 0) is 0 Å². The van der Waals surface area contributed by atoms with Crippen LogP contribution >= 0.6 is 0 Å². The van der Waals surface area contributed by atoms with Gasteiger partial charge < -0.3 is 20.2 Å². The van der Waals surface area contributed by atoms with Crippen molar-refractivity contribution >= 4 is 22.8 Å². The second kappa shape index (κ2) is 5.71. The first-order valence-corrected chi connectivity index (χ1v) is 6.14. The second-order valence-electron chi connectivity index (χ2n) is 4.43. The molecule has 102 valence electrons. The van der Waals surface area contributed by atoms with Crippen LogP contribution in [0.1, 0.15) is 19.2 Å². The third kappa shape index (κ3) is 3.45. The fraction of sp³-hybridized carbons (Fsp3) is 0.385. The Morgan fingerprint density at radius 3 is 3.05 bits per heavy atom. The molecule has 6 nitrogen and oxygen atoms in total. The van der Waals surface area contributed by atoms with E-state index in [-0.39, 0.29) is 18.7 Å². The number of aryl methyl sites for hydroxylation is 1. The summed E-state index contributed by atoms with van der Waals surface area (Å²) in [6, 6.07) is 4.89. The maximum atomic E-state index is 11.7. The zero-order valence-corrected chi connectivity index (χ0v) is 10.9. The second-order valence-corrected chi connectivity index (χ2v) is 4.43. The average molecular weight is 263 g/mol. The van der Waals surface area contributed by atoms with E-state index in [0.717, 1.165) is 0 Å². The Balaban J connectivity index is 2.02. The molecule has 0 bridgehead atoms. The first kappa shape index (κ1) is 13.4. The Hall–Kier alpha value is -2.08. The number of nitrogens with zero attached hydrogens (tertiary/aromatic N) is 1. The lowest BCUT2D eigenvalue weighted by Crippen LogP contribution is -2.36. The SMILES string of the molecule is Cc1nc2cc(NC(=O)N[C@H](C)CCO)ccc2o1. The topological polar surface area (TPSA) is 87.4 Å². The molecule has 0 radical (unpaired) electrons. The van der Waals surface area contributed by atoms with Crippen LogP contribution in [0.5, 0.6) is 0 Å². The molecule has 0 aliphatic carbocycles. The van der Waals surface area contributed by atoms with E-state index in [1.807, 2.05) is 6.92 Å². The van der Waals surface area contributed by atoms with Crippen LogP contribution in [0.2, 0.25) is 0 Å². The molecule has 0 spiro atoms. The number of aromatic nitrogens is 1. The Bertz CT molecular complexity index is 580. The summed E-state index contributed by atoms with van der Waals surface area (Å²) >= 11 is 0. The molecule has 0 saturated carbocycles. The molecule has 1 aromatic carbocycles. The first-order chi connectivity index (χ1) is 9.08. The number of fused-ring (bicyclic) bond motifs is 1. The zero-order chi connectivity index (χ0) is 13.8. The molecule has 3 N–H and O–H groups in total. The van der Waals surface area contributed by atoms with Crippen LogP contribution in [-0.4, -0.2) is 28.8 Å². The fourth-order valence-corrected chi connectivity index (χ4v) is 1.78. The Morgan fingerprint density at radius 1 is 1.53 bits per heavy atom. The smallest absolute Gasteiger partial charge is 0.319 e. The number of hydrogen-bond donors (Lipinski definition) is 3. The molecule has 1 aromatic heterocycles. The molecular formula is C13H17N3O3. The fourth-order valence-electron chi connectivity index (χ4n) is 1.78. The zero-order valence-electron chi connectivity index (χ0n) is 10.9. The number of aliphatic hydroxyl groups excluding tert-OH is 1. The van der Waals surface area contributed by atoms with Gasteiger partial charge in [0, 0.05) is 25.3 Å². The lowest BCUT2D eigenvalue weighted by molar-refractivity contribution is 0.241. The number of anilines is 1. The summed E-state index contributed by atoms with van der Waals surface area (Å²) in [6.07, 6.45) is 0.523. The number of aliphatic hydroxyl groups is 1. The highest BCUT2D eigenvalue weighted by molar-refractivity contribution is 5.91. The van der Waals surface area contributed by atoms with Crippen molar-refractivity contribution < 1.29 is 14.3 Å². The Morgan fingerprint density at radius 2 is 2.32 bits per heavy atom. The van der Waals surface area contributed by atoms with Gasteiger partial charge in [-0.25, -0.2) is 9.78 Å². The minimum absolute atomic E-state index is 0.0472. The summed E-state index contributed by atoms with van der Waals surface area (Å²) in [5, 5.41) is 14.2. The lowest BCUT2D eigenvalue weighted by Gasteiger charge is -2.13. The standard InChI is InChI=1S/C13H17N3O3/c1-8(5-6-17)14-13(18)16-10-3-4-12-11(7-10)15-9(2)19-12/h3-4,7-8,17H,5-6H2,1-2H3,(H2,14,16,18)/t8-/m1/s1. The number of oxazole rings is 1. The number of benzene rings is 1. The van der Waals surface area contributed by atoms with Crippen molar-refractivity contribution in [3.8, 4) is 0 Å². The highest BCUT2D eigenvalue weighted by atomic mass is 16.3. The third-order valence-corrected chi connectivity index (χ3v) is 2.69. The van der Waals surface area contributed by atoms with Gasteiger partial charge in [-0.15, -0.1) is 0 Å². The molecule has 0 saturated heterocycles. The molecule has 2 rings (SSSR count). The van der Waals surface area contributed by atoms with Gasteiger partial charge in [-0.05, 0) is 31.5 Å². The van der Waals surface area contributed by atoms with E-state index in [9.17, 15) is 4.79 Å². The van der Waals surface area contributed by atoms with Gasteiger partial charge in [0.1, 0.15) is 5.52 Å². The number of amides is 2. The predicted molar refractivity (Wildman–Crippen MR) is 72.1 cm³/mol. The van der Waals surface area contributed by atoms with E-state index in [1.54, 1.807) is 25.1 Å². The normalized spacial score (nSPS) is 12.4. The third-order valence-electron chi connectivity index (χ3n) is 2.69. The quantitative estimate of drug-likeness (QED) is 0.787. The van der Waals surface area contributed by atoms with E-state index >= 15 is 0 Å². The Labute approximate surface area is 110 Å². The van der Waals surface area contributed by atoms with Crippen molar-refractivity contribution in [3.05, 3.63) is 24.1 Å². The van der Waals surface area contributed by atoms with Gasteiger partial charge in [-0.3, -0.25) is 0 Å². The van der Waals surface area contributed by atoms with E-state index in [0.29, 0.717) is 29.1 Å². The van der Waals surface area contributed by atoms with Crippen LogP contribution in [0.15, 0.2) is 22.6 Å². The lowest BCUT2D eigenvalue weighted by atomic mass is 10.2. The molecule has 0 aliphatic heterocycles. The number of hydrogen-bond acceptors (Lipinski definition) is 4. The van der Waals surface area contributed by atoms with Gasteiger partial charge in [-0.2, -0.15) is 0 Å². The maximum Gasteiger partial charge on any atom is 0.319 e. The first-order valence-electron chi connectivity index (χ1n) is 6.14. The highest BCUT2D eigenvalue weighted by Crippen LogP contribution is 2.19. The van der Waals surface area contributed by atoms with Crippen molar-refractivity contribution in [2.75, 3.05) is 11.9 Å². The van der Waals surface area contributed by atoms with Crippen molar-refractivity contribution in [1.82, 2.24) is 10.3 Å². The van der Waals surface area contributed by atoms with Crippen molar-refractivity contribution in [1.29, 1.82) is 0 Å². The van der Waals surface area contributed by atoms with Crippen molar-refractivity contribution in [3.63, 3.8) is 0 Å². The summed E-state index contributed by atoms with van der Waals surface area (Å²) in [5.41, 5.74) is 2.05. The van der Waals surface area contributed by atoms with Gasteiger partial charge in [0.05, 0.1) is 0 Å². The molecular weight excluding hydrogens is 246 g/mol. The van der Waals surface area contributed by atoms with Gasteiger partial charge in [0.25, 0.3) is 0 Å². The van der Waals surface area contributed by atoms with Crippen LogP contribution in [0.3, 0.4) is 0 Å². The largest absolute Gasteiger partial charge is 0.441 e. The molecule has 2 aromatic rings. The summed E-state index contributed by atoms with van der Waals surface area (Å²) in [7, 11) is 0. The number of carbonyl (C=O) groups excluding carboxylic acids is 1. The minimum Gasteiger partial charge on any atom is -0.441 e. The van der Waals surface area contributed by atoms with Gasteiger partial charge in [0.15, 0.2) is 11.5 Å². The summed E-state index contributed by atoms with van der Waals surface area (Å²) in [5.74, 6) is 0.591. The van der Waals surface area contributed by atoms with Gasteiger partial charge in [-0.1, -0.05) is 0 Å². The van der Waals surface area contributed by atoms with Crippen LogP contribution in [0.4, 0.5) is 10.5 Å². The number of rotatable bonds is 4. The van der Waals surface area contributed by atoms with Gasteiger partial charge in [0.2, 0.25) is 0 Å². The van der Waals surface area contributed by atoms with Gasteiger partial charge >= 0.3 is 6.03 Å². The molecule has 1 atom stereocenters. The minimum atomic E-state index is -0.305. The molecule has 0 unspecified atom stereocenters. The number of urea groups is 1. The highest BCUT2D eigenvalue weighted by Gasteiger charge is 2.08. The van der Waals surface area contributed by atoms with Crippen LogP contribution in [0, 0.1) is 6.92 Å². The van der Waals surface area contributed by atoms with E-state index in [1.165, 1.54) is 0 Å². The summed E-state index contributed by atoms with van der Waals surface area (Å²) < 4.78 is 5.36.